The summed E-state index contributed by atoms with van der Waals surface area (Å²) >= 11 is 23.8. The zero-order valence-electron chi connectivity index (χ0n) is 15.5. The van der Waals surface area contributed by atoms with Gasteiger partial charge in [-0.2, -0.15) is 0 Å². The Hall–Kier alpha value is -2.24. The number of amides is 2. The molecule has 0 aromatic heterocycles. The SMILES string of the molecule is O=C(NCc1ccc(Cl)c(Cl)c1)c1ccccc1C(=O)NCc1ccc(Cl)c(Cl)c1. The van der Waals surface area contributed by atoms with Gasteiger partial charge in [-0.05, 0) is 47.5 Å². The lowest BCUT2D eigenvalue weighted by atomic mass is 10.1. The summed E-state index contributed by atoms with van der Waals surface area (Å²) in [7, 11) is 0. The van der Waals surface area contributed by atoms with Crippen molar-refractivity contribution in [3.63, 3.8) is 0 Å². The van der Waals surface area contributed by atoms with Crippen molar-refractivity contribution in [2.24, 2.45) is 0 Å². The molecule has 0 radical (unpaired) electrons. The van der Waals surface area contributed by atoms with E-state index in [1.807, 2.05) is 0 Å². The van der Waals surface area contributed by atoms with Gasteiger partial charge in [0.05, 0.1) is 31.2 Å². The second-order valence-corrected chi connectivity index (χ2v) is 8.04. The Labute approximate surface area is 194 Å². The van der Waals surface area contributed by atoms with Gasteiger partial charge >= 0.3 is 0 Å². The van der Waals surface area contributed by atoms with Crippen LogP contribution in [0.1, 0.15) is 31.8 Å². The molecule has 4 nitrogen and oxygen atoms in total. The maximum absolute atomic E-state index is 12.7. The molecule has 0 heterocycles. The highest BCUT2D eigenvalue weighted by Gasteiger charge is 2.16. The first-order chi connectivity index (χ1) is 14.3. The second kappa shape index (κ2) is 10.2. The van der Waals surface area contributed by atoms with Crippen molar-refractivity contribution in [2.45, 2.75) is 13.1 Å². The van der Waals surface area contributed by atoms with Crippen LogP contribution in [0.15, 0.2) is 60.7 Å². The van der Waals surface area contributed by atoms with E-state index in [4.69, 9.17) is 46.4 Å². The van der Waals surface area contributed by atoms with E-state index in [-0.39, 0.29) is 36.0 Å². The quantitative estimate of drug-likeness (QED) is 0.442. The van der Waals surface area contributed by atoms with Crippen LogP contribution in [0.25, 0.3) is 0 Å². The first-order valence-corrected chi connectivity index (χ1v) is 10.4. The number of rotatable bonds is 6. The summed E-state index contributed by atoms with van der Waals surface area (Å²) in [6.07, 6.45) is 0. The molecule has 0 fully saturated rings. The van der Waals surface area contributed by atoms with E-state index in [0.717, 1.165) is 11.1 Å². The molecular formula is C22H16Cl4N2O2. The molecule has 3 rings (SSSR count). The fourth-order valence-electron chi connectivity index (χ4n) is 2.73. The van der Waals surface area contributed by atoms with Gasteiger partial charge in [-0.3, -0.25) is 9.59 Å². The van der Waals surface area contributed by atoms with E-state index in [1.54, 1.807) is 60.7 Å². The Morgan fingerprint density at radius 1 is 0.600 bits per heavy atom. The predicted octanol–water partition coefficient (Wildman–Crippen LogP) is 6.16. The summed E-state index contributed by atoms with van der Waals surface area (Å²) in [5.74, 6) is -0.747. The van der Waals surface area contributed by atoms with E-state index < -0.39 is 0 Å². The highest BCUT2D eigenvalue weighted by molar-refractivity contribution is 6.42. The van der Waals surface area contributed by atoms with Crippen LogP contribution in [-0.4, -0.2) is 11.8 Å². The molecule has 3 aromatic rings. The van der Waals surface area contributed by atoms with E-state index in [0.29, 0.717) is 20.1 Å². The molecule has 2 N–H and O–H groups in total. The highest BCUT2D eigenvalue weighted by atomic mass is 35.5. The lowest BCUT2D eigenvalue weighted by Crippen LogP contribution is -2.29. The molecule has 0 saturated carbocycles. The van der Waals surface area contributed by atoms with Crippen molar-refractivity contribution in [1.82, 2.24) is 10.6 Å². The Morgan fingerprint density at radius 3 is 1.37 bits per heavy atom. The average molecular weight is 482 g/mol. The first-order valence-electron chi connectivity index (χ1n) is 8.88. The molecule has 0 unspecified atom stereocenters. The van der Waals surface area contributed by atoms with Crippen LogP contribution in [-0.2, 0) is 13.1 Å². The van der Waals surface area contributed by atoms with Gasteiger partial charge in [0.2, 0.25) is 0 Å². The summed E-state index contributed by atoms with van der Waals surface area (Å²) in [6.45, 7) is 0.490. The van der Waals surface area contributed by atoms with Crippen LogP contribution in [0, 0.1) is 0 Å². The summed E-state index contributed by atoms with van der Waals surface area (Å²) in [4.78, 5) is 25.3. The van der Waals surface area contributed by atoms with Gasteiger partial charge in [-0.1, -0.05) is 70.7 Å². The fourth-order valence-corrected chi connectivity index (χ4v) is 3.37. The Balaban J connectivity index is 1.67. The highest BCUT2D eigenvalue weighted by Crippen LogP contribution is 2.23. The minimum Gasteiger partial charge on any atom is -0.348 e. The molecule has 30 heavy (non-hydrogen) atoms. The zero-order valence-corrected chi connectivity index (χ0v) is 18.5. The third-order valence-electron chi connectivity index (χ3n) is 4.29. The smallest absolute Gasteiger partial charge is 0.252 e. The maximum atomic E-state index is 12.7. The van der Waals surface area contributed by atoms with Gasteiger partial charge in [0.15, 0.2) is 0 Å². The fraction of sp³-hybridized carbons (Fsp3) is 0.0909. The number of halogens is 4. The minimum absolute atomic E-state index is 0.245. The van der Waals surface area contributed by atoms with Crippen molar-refractivity contribution in [1.29, 1.82) is 0 Å². The topological polar surface area (TPSA) is 58.2 Å². The number of nitrogens with one attached hydrogen (secondary N) is 2. The van der Waals surface area contributed by atoms with Crippen molar-refractivity contribution in [3.05, 3.63) is 103 Å². The molecule has 0 aliphatic carbocycles. The first kappa shape index (κ1) is 22.4. The van der Waals surface area contributed by atoms with Crippen LogP contribution >= 0.6 is 46.4 Å². The van der Waals surface area contributed by atoms with Gasteiger partial charge in [-0.25, -0.2) is 0 Å². The largest absolute Gasteiger partial charge is 0.348 e. The molecule has 0 aliphatic rings. The maximum Gasteiger partial charge on any atom is 0.252 e. The zero-order chi connectivity index (χ0) is 21.7. The van der Waals surface area contributed by atoms with Crippen LogP contribution in [0.5, 0.6) is 0 Å². The third-order valence-corrected chi connectivity index (χ3v) is 5.77. The summed E-state index contributed by atoms with van der Waals surface area (Å²) < 4.78 is 0. The molecule has 2 amide bonds. The second-order valence-electron chi connectivity index (χ2n) is 6.41. The van der Waals surface area contributed by atoms with Gasteiger partial charge < -0.3 is 10.6 Å². The Kier molecular flexibility index (Phi) is 7.62. The summed E-state index contributed by atoms with van der Waals surface area (Å²) in [5.41, 5.74) is 2.12. The van der Waals surface area contributed by atoms with Crippen molar-refractivity contribution in [2.75, 3.05) is 0 Å². The third kappa shape index (κ3) is 5.67. The number of carbonyl (C=O) groups is 2. The van der Waals surface area contributed by atoms with E-state index in [2.05, 4.69) is 10.6 Å². The average Bonchev–Trinajstić information content (AvgIpc) is 2.75. The van der Waals surface area contributed by atoms with Crippen LogP contribution in [0.3, 0.4) is 0 Å². The molecule has 3 aromatic carbocycles. The number of hydrogen-bond donors (Lipinski definition) is 2. The molecule has 0 spiro atoms. The normalized spacial score (nSPS) is 10.5. The Bertz CT molecular complexity index is 1020. The summed E-state index contributed by atoms with van der Waals surface area (Å²) in [6, 6.07) is 16.8. The van der Waals surface area contributed by atoms with E-state index >= 15 is 0 Å². The standard InChI is InChI=1S/C22H16Cl4N2O2/c23-17-7-5-13(9-19(17)25)11-27-21(29)15-3-1-2-4-16(15)22(30)28-12-14-6-8-18(24)20(26)10-14/h1-10H,11-12H2,(H,27,29)(H,28,30). The van der Waals surface area contributed by atoms with E-state index in [9.17, 15) is 9.59 Å². The van der Waals surface area contributed by atoms with Crippen molar-refractivity contribution >= 4 is 58.2 Å². The number of carbonyl (C=O) groups excluding carboxylic acids is 2. The molecule has 8 heteroatoms. The number of benzene rings is 3. The predicted molar refractivity (Wildman–Crippen MR) is 122 cm³/mol. The van der Waals surface area contributed by atoms with Gasteiger partial charge in [0.1, 0.15) is 0 Å². The Morgan fingerprint density at radius 2 is 1.00 bits per heavy atom. The molecule has 0 atom stereocenters. The van der Waals surface area contributed by atoms with Crippen LogP contribution in [0.2, 0.25) is 20.1 Å². The van der Waals surface area contributed by atoms with Gasteiger partial charge in [0.25, 0.3) is 11.8 Å². The lowest BCUT2D eigenvalue weighted by molar-refractivity contribution is 0.0916. The molecule has 0 bridgehead atoms. The monoisotopic (exact) mass is 480 g/mol. The minimum atomic E-state index is -0.374. The molecule has 0 saturated heterocycles. The lowest BCUT2D eigenvalue weighted by Gasteiger charge is -2.11. The van der Waals surface area contributed by atoms with Crippen molar-refractivity contribution < 1.29 is 9.59 Å². The van der Waals surface area contributed by atoms with E-state index in [1.165, 1.54) is 0 Å². The van der Waals surface area contributed by atoms with Crippen LogP contribution < -0.4 is 10.6 Å². The van der Waals surface area contributed by atoms with Crippen molar-refractivity contribution in [3.8, 4) is 0 Å². The van der Waals surface area contributed by atoms with Gasteiger partial charge in [-0.15, -0.1) is 0 Å². The molecular weight excluding hydrogens is 466 g/mol. The molecule has 154 valence electrons. The van der Waals surface area contributed by atoms with Crippen LogP contribution in [0.4, 0.5) is 0 Å². The summed E-state index contributed by atoms with van der Waals surface area (Å²) in [5, 5.41) is 7.28. The van der Waals surface area contributed by atoms with Gasteiger partial charge in [0, 0.05) is 13.1 Å². The molecule has 0 aliphatic heterocycles. The number of hydrogen-bond acceptors (Lipinski definition) is 2.